The fourth-order valence-electron chi connectivity index (χ4n) is 3.97. The molecule has 150 valence electrons. The molecule has 0 unspecified atom stereocenters. The standard InChI is InChI=1S/C22H23FN4O2/c23-17-12-10-16(11-13-17)20(15-6-4-5-7-15)25-22(29)21-24-14-19(28)27(26-21)18-8-2-1-3-9-18/h1-3,8-13,15,20H,4-7,14H2,(H,24,26)(H,25,29)/t20-/m1/s1. The van der Waals surface area contributed by atoms with Crippen LogP contribution in [0, 0.1) is 11.7 Å². The lowest BCUT2D eigenvalue weighted by Gasteiger charge is -2.30. The highest BCUT2D eigenvalue weighted by atomic mass is 19.1. The van der Waals surface area contributed by atoms with E-state index in [0.29, 0.717) is 11.6 Å². The molecule has 29 heavy (non-hydrogen) atoms. The fourth-order valence-corrected chi connectivity index (χ4v) is 3.97. The maximum atomic E-state index is 13.4. The van der Waals surface area contributed by atoms with Crippen LogP contribution in [0.4, 0.5) is 10.1 Å². The summed E-state index contributed by atoms with van der Waals surface area (Å²) in [7, 11) is 0. The van der Waals surface area contributed by atoms with Crippen molar-refractivity contribution < 1.29 is 14.0 Å². The quantitative estimate of drug-likeness (QED) is 0.818. The topological polar surface area (TPSA) is 73.8 Å². The summed E-state index contributed by atoms with van der Waals surface area (Å²) in [5.74, 6) is -0.530. The minimum Gasteiger partial charge on any atom is -0.342 e. The molecule has 2 N–H and O–H groups in total. The van der Waals surface area contributed by atoms with E-state index in [1.54, 1.807) is 24.3 Å². The van der Waals surface area contributed by atoms with Crippen molar-refractivity contribution in [1.29, 1.82) is 0 Å². The minimum atomic E-state index is -0.375. The molecule has 2 aromatic carbocycles. The third kappa shape index (κ3) is 4.29. The van der Waals surface area contributed by atoms with Crippen LogP contribution in [-0.2, 0) is 9.59 Å². The molecule has 0 aromatic heterocycles. The number of hydrogen-bond acceptors (Lipinski definition) is 4. The SMILES string of the molecule is O=C(N[C@@H](c1ccc(F)cc1)C1CCCC1)C1=NCC(=O)N(c2ccccc2)N1. The molecule has 0 saturated heterocycles. The second-order valence-electron chi connectivity index (χ2n) is 7.39. The van der Waals surface area contributed by atoms with Crippen LogP contribution in [0.3, 0.4) is 0 Å². The number of rotatable bonds is 5. The van der Waals surface area contributed by atoms with E-state index in [9.17, 15) is 14.0 Å². The Balaban J connectivity index is 1.52. The molecule has 2 aliphatic rings. The number of aliphatic imine (C=N–C) groups is 1. The first-order valence-electron chi connectivity index (χ1n) is 9.87. The van der Waals surface area contributed by atoms with Crippen molar-refractivity contribution in [2.75, 3.05) is 11.6 Å². The summed E-state index contributed by atoms with van der Waals surface area (Å²) in [5.41, 5.74) is 4.35. The third-order valence-electron chi connectivity index (χ3n) is 5.46. The highest BCUT2D eigenvalue weighted by Gasteiger charge is 2.31. The molecule has 1 atom stereocenters. The largest absolute Gasteiger partial charge is 0.342 e. The first-order valence-corrected chi connectivity index (χ1v) is 9.87. The van der Waals surface area contributed by atoms with E-state index in [1.807, 2.05) is 18.2 Å². The highest BCUT2D eigenvalue weighted by Crippen LogP contribution is 2.35. The van der Waals surface area contributed by atoms with Gasteiger partial charge in [0, 0.05) is 0 Å². The number of hydrogen-bond donors (Lipinski definition) is 2. The van der Waals surface area contributed by atoms with Gasteiger partial charge in [-0.2, -0.15) is 0 Å². The Hall–Kier alpha value is -3.22. The maximum Gasteiger partial charge on any atom is 0.288 e. The Kier molecular flexibility index (Phi) is 5.55. The Morgan fingerprint density at radius 1 is 1.10 bits per heavy atom. The molecule has 4 rings (SSSR count). The van der Waals surface area contributed by atoms with Crippen LogP contribution < -0.4 is 15.8 Å². The Morgan fingerprint density at radius 2 is 1.79 bits per heavy atom. The second kappa shape index (κ2) is 8.43. The van der Waals surface area contributed by atoms with Crippen LogP contribution in [0.1, 0.15) is 37.3 Å². The number of anilines is 1. The van der Waals surface area contributed by atoms with Crippen LogP contribution in [0.2, 0.25) is 0 Å². The molecule has 0 bridgehead atoms. The summed E-state index contributed by atoms with van der Waals surface area (Å²) in [6.07, 6.45) is 4.26. The van der Waals surface area contributed by atoms with Gasteiger partial charge < -0.3 is 5.32 Å². The van der Waals surface area contributed by atoms with E-state index in [2.05, 4.69) is 15.7 Å². The van der Waals surface area contributed by atoms with E-state index in [-0.39, 0.29) is 36.1 Å². The molecule has 0 radical (unpaired) electrons. The maximum absolute atomic E-state index is 13.4. The van der Waals surface area contributed by atoms with Crippen LogP contribution in [0.5, 0.6) is 0 Å². The smallest absolute Gasteiger partial charge is 0.288 e. The van der Waals surface area contributed by atoms with Gasteiger partial charge in [-0.15, -0.1) is 0 Å². The zero-order chi connectivity index (χ0) is 20.2. The molecule has 1 saturated carbocycles. The summed E-state index contributed by atoms with van der Waals surface area (Å²) in [6, 6.07) is 15.1. The average Bonchev–Trinajstić information content (AvgIpc) is 3.28. The number of carbonyl (C=O) groups excluding carboxylic acids is 2. The predicted octanol–water partition coefficient (Wildman–Crippen LogP) is 3.12. The summed E-state index contributed by atoms with van der Waals surface area (Å²) in [6.45, 7) is -0.102. The lowest BCUT2D eigenvalue weighted by atomic mass is 9.91. The van der Waals surface area contributed by atoms with Crippen molar-refractivity contribution >= 4 is 23.3 Å². The lowest BCUT2D eigenvalue weighted by Crippen LogP contribution is -2.56. The molecular weight excluding hydrogens is 371 g/mol. The van der Waals surface area contributed by atoms with Crippen LogP contribution >= 0.6 is 0 Å². The number of nitrogens with zero attached hydrogens (tertiary/aromatic N) is 2. The molecule has 1 aliphatic carbocycles. The number of hydrazine groups is 1. The van der Waals surface area contributed by atoms with Crippen LogP contribution in [0.25, 0.3) is 0 Å². The summed E-state index contributed by atoms with van der Waals surface area (Å²) >= 11 is 0. The Bertz CT molecular complexity index is 908. The minimum absolute atomic E-state index is 0.0959. The van der Waals surface area contributed by atoms with Crippen LogP contribution in [-0.4, -0.2) is 24.2 Å². The van der Waals surface area contributed by atoms with E-state index >= 15 is 0 Å². The Morgan fingerprint density at radius 3 is 2.48 bits per heavy atom. The molecule has 1 heterocycles. The van der Waals surface area contributed by atoms with E-state index in [1.165, 1.54) is 17.1 Å². The monoisotopic (exact) mass is 394 g/mol. The first-order chi connectivity index (χ1) is 14.1. The molecule has 7 heteroatoms. The van der Waals surface area contributed by atoms with Crippen molar-refractivity contribution in [2.24, 2.45) is 10.9 Å². The van der Waals surface area contributed by atoms with Gasteiger partial charge in [-0.05, 0) is 48.6 Å². The average molecular weight is 394 g/mol. The van der Waals surface area contributed by atoms with Gasteiger partial charge in [0.1, 0.15) is 12.4 Å². The van der Waals surface area contributed by atoms with Crippen molar-refractivity contribution in [2.45, 2.75) is 31.7 Å². The van der Waals surface area contributed by atoms with Gasteiger partial charge in [-0.1, -0.05) is 43.2 Å². The van der Waals surface area contributed by atoms with Gasteiger partial charge in [0.05, 0.1) is 11.7 Å². The number of nitrogens with one attached hydrogen (secondary N) is 2. The number of benzene rings is 2. The molecule has 2 aromatic rings. The first kappa shape index (κ1) is 19.1. The zero-order valence-corrected chi connectivity index (χ0v) is 16.0. The molecule has 1 aliphatic heterocycles. The molecule has 0 spiro atoms. The van der Waals surface area contributed by atoms with Gasteiger partial charge in [0.15, 0.2) is 0 Å². The lowest BCUT2D eigenvalue weighted by molar-refractivity contribution is -0.118. The van der Waals surface area contributed by atoms with Crippen LogP contribution in [0.15, 0.2) is 59.6 Å². The highest BCUT2D eigenvalue weighted by molar-refractivity contribution is 6.39. The molecule has 6 nitrogen and oxygen atoms in total. The van der Waals surface area contributed by atoms with Crippen molar-refractivity contribution in [3.8, 4) is 0 Å². The van der Waals surface area contributed by atoms with E-state index in [4.69, 9.17) is 0 Å². The number of amides is 2. The summed E-state index contributed by atoms with van der Waals surface area (Å²) in [5, 5.41) is 4.40. The van der Waals surface area contributed by atoms with Crippen molar-refractivity contribution in [3.05, 3.63) is 66.0 Å². The molecule has 2 amide bonds. The van der Waals surface area contributed by atoms with E-state index < -0.39 is 0 Å². The normalized spacial score (nSPS) is 18.2. The fraction of sp³-hybridized carbons (Fsp3) is 0.318. The van der Waals surface area contributed by atoms with Gasteiger partial charge in [-0.25, -0.2) is 9.40 Å². The second-order valence-corrected chi connectivity index (χ2v) is 7.39. The van der Waals surface area contributed by atoms with Gasteiger partial charge in [0.2, 0.25) is 5.84 Å². The van der Waals surface area contributed by atoms with Crippen molar-refractivity contribution in [3.63, 3.8) is 0 Å². The van der Waals surface area contributed by atoms with Crippen molar-refractivity contribution in [1.82, 2.24) is 10.7 Å². The van der Waals surface area contributed by atoms with Gasteiger partial charge in [-0.3, -0.25) is 20.0 Å². The predicted molar refractivity (Wildman–Crippen MR) is 109 cm³/mol. The molecule has 1 fully saturated rings. The van der Waals surface area contributed by atoms with Gasteiger partial charge >= 0.3 is 0 Å². The number of carbonyl (C=O) groups is 2. The van der Waals surface area contributed by atoms with Gasteiger partial charge in [0.25, 0.3) is 11.8 Å². The number of halogens is 1. The Labute approximate surface area is 168 Å². The zero-order valence-electron chi connectivity index (χ0n) is 16.0. The third-order valence-corrected chi connectivity index (χ3v) is 5.46. The molecular formula is C22H23FN4O2. The summed E-state index contributed by atoms with van der Waals surface area (Å²) in [4.78, 5) is 29.3. The van der Waals surface area contributed by atoms with E-state index in [0.717, 1.165) is 31.2 Å². The number of amidine groups is 1. The summed E-state index contributed by atoms with van der Waals surface area (Å²) < 4.78 is 13.4. The number of para-hydroxylation sites is 1.